The number of nitrogens with one attached hydrogen (secondary N) is 1. The van der Waals surface area contributed by atoms with Gasteiger partial charge in [0.15, 0.2) is 0 Å². The summed E-state index contributed by atoms with van der Waals surface area (Å²) in [5.41, 5.74) is 1.42. The molecule has 1 unspecified atom stereocenters. The molecule has 1 fully saturated rings. The van der Waals surface area contributed by atoms with Gasteiger partial charge in [-0.2, -0.15) is 0 Å². The van der Waals surface area contributed by atoms with Crippen LogP contribution in [-0.2, 0) is 6.42 Å². The summed E-state index contributed by atoms with van der Waals surface area (Å²) >= 11 is 1.85. The van der Waals surface area contributed by atoms with Crippen LogP contribution in [0.5, 0.6) is 5.75 Å². The highest BCUT2D eigenvalue weighted by atomic mass is 32.1. The number of thiophene rings is 1. The Morgan fingerprint density at radius 3 is 2.86 bits per heavy atom. The second-order valence-corrected chi connectivity index (χ2v) is 7.03. The molecule has 0 saturated heterocycles. The van der Waals surface area contributed by atoms with Crippen LogP contribution in [0.3, 0.4) is 0 Å². The molecule has 0 bridgehead atoms. The molecular weight excluding hydrogens is 278 g/mol. The first-order valence-corrected chi connectivity index (χ1v) is 8.55. The average Bonchev–Trinajstić information content (AvgIpc) is 2.95. The van der Waals surface area contributed by atoms with Gasteiger partial charge in [0.25, 0.3) is 0 Å². The Kier molecular flexibility index (Phi) is 4.61. The molecule has 1 heterocycles. The van der Waals surface area contributed by atoms with Crippen molar-refractivity contribution in [3.63, 3.8) is 0 Å². The van der Waals surface area contributed by atoms with Crippen molar-refractivity contribution >= 4 is 11.3 Å². The van der Waals surface area contributed by atoms with Gasteiger partial charge in [0.2, 0.25) is 0 Å². The van der Waals surface area contributed by atoms with Crippen LogP contribution in [0.15, 0.2) is 41.8 Å². The van der Waals surface area contributed by atoms with Gasteiger partial charge in [0.05, 0.1) is 7.11 Å². The standard InChI is InChI=1S/C18H23NOS/c1-13(9-18-7-4-8-21-18)19-16-10-15(11-16)14-5-3-6-17(12-14)20-2/h3-8,12-13,15-16,19H,9-11H2,1-2H3. The Balaban J connectivity index is 1.47. The summed E-state index contributed by atoms with van der Waals surface area (Å²) in [5, 5.41) is 5.92. The zero-order valence-electron chi connectivity index (χ0n) is 12.7. The summed E-state index contributed by atoms with van der Waals surface area (Å²) in [6, 6.07) is 14.1. The molecule has 0 aliphatic heterocycles. The van der Waals surface area contributed by atoms with Gasteiger partial charge in [-0.3, -0.25) is 0 Å². The molecule has 1 aliphatic rings. The molecule has 0 amide bonds. The van der Waals surface area contributed by atoms with Crippen LogP contribution in [0.4, 0.5) is 0 Å². The average molecular weight is 301 g/mol. The molecule has 3 rings (SSSR count). The molecule has 0 spiro atoms. The molecule has 1 aliphatic carbocycles. The van der Waals surface area contributed by atoms with Crippen molar-refractivity contribution in [1.29, 1.82) is 0 Å². The SMILES string of the molecule is COc1cccc(C2CC(NC(C)Cc3cccs3)C2)c1. The minimum absolute atomic E-state index is 0.555. The first kappa shape index (κ1) is 14.6. The molecule has 2 nitrogen and oxygen atoms in total. The van der Waals surface area contributed by atoms with Crippen LogP contribution in [0.1, 0.15) is 36.1 Å². The van der Waals surface area contributed by atoms with E-state index in [-0.39, 0.29) is 0 Å². The second kappa shape index (κ2) is 6.63. The zero-order valence-corrected chi connectivity index (χ0v) is 13.5. The number of hydrogen-bond acceptors (Lipinski definition) is 3. The summed E-state index contributed by atoms with van der Waals surface area (Å²) in [4.78, 5) is 1.47. The number of benzene rings is 1. The maximum Gasteiger partial charge on any atom is 0.119 e. The molecule has 0 radical (unpaired) electrons. The van der Waals surface area contributed by atoms with E-state index < -0.39 is 0 Å². The molecule has 1 aromatic carbocycles. The van der Waals surface area contributed by atoms with E-state index in [1.165, 1.54) is 23.3 Å². The molecule has 21 heavy (non-hydrogen) atoms. The predicted molar refractivity (Wildman–Crippen MR) is 89.4 cm³/mol. The fourth-order valence-corrected chi connectivity index (χ4v) is 3.95. The molecule has 112 valence electrons. The molecule has 3 heteroatoms. The quantitative estimate of drug-likeness (QED) is 0.862. The monoisotopic (exact) mass is 301 g/mol. The Bertz CT molecular complexity index is 560. The highest BCUT2D eigenvalue weighted by molar-refractivity contribution is 7.09. The van der Waals surface area contributed by atoms with Gasteiger partial charge in [0, 0.05) is 17.0 Å². The van der Waals surface area contributed by atoms with Gasteiger partial charge in [0.1, 0.15) is 5.75 Å². The highest BCUT2D eigenvalue weighted by Gasteiger charge is 2.31. The smallest absolute Gasteiger partial charge is 0.119 e. The summed E-state index contributed by atoms with van der Waals surface area (Å²) in [6.45, 7) is 2.29. The van der Waals surface area contributed by atoms with Crippen molar-refractivity contribution in [3.8, 4) is 5.75 Å². The van der Waals surface area contributed by atoms with Crippen molar-refractivity contribution in [2.45, 2.75) is 44.2 Å². The number of ether oxygens (including phenoxy) is 1. The third-order valence-electron chi connectivity index (χ3n) is 4.31. The first-order valence-electron chi connectivity index (χ1n) is 7.67. The molecule has 1 aromatic heterocycles. The number of methoxy groups -OCH3 is 1. The van der Waals surface area contributed by atoms with E-state index in [4.69, 9.17) is 4.74 Å². The second-order valence-electron chi connectivity index (χ2n) is 5.99. The van der Waals surface area contributed by atoms with E-state index in [0.29, 0.717) is 18.0 Å². The summed E-state index contributed by atoms with van der Waals surface area (Å²) in [7, 11) is 1.73. The van der Waals surface area contributed by atoms with Crippen LogP contribution in [0.25, 0.3) is 0 Å². The third kappa shape index (κ3) is 3.66. The van der Waals surface area contributed by atoms with Crippen molar-refractivity contribution < 1.29 is 4.74 Å². The van der Waals surface area contributed by atoms with E-state index in [9.17, 15) is 0 Å². The van der Waals surface area contributed by atoms with Crippen LogP contribution in [0.2, 0.25) is 0 Å². The Hall–Kier alpha value is -1.32. The Labute approximate surface area is 131 Å². The van der Waals surface area contributed by atoms with Gasteiger partial charge in [-0.1, -0.05) is 18.2 Å². The maximum absolute atomic E-state index is 5.31. The topological polar surface area (TPSA) is 21.3 Å². The third-order valence-corrected chi connectivity index (χ3v) is 5.21. The van der Waals surface area contributed by atoms with Crippen molar-refractivity contribution in [2.24, 2.45) is 0 Å². The largest absolute Gasteiger partial charge is 0.497 e. The maximum atomic E-state index is 5.31. The van der Waals surface area contributed by atoms with Gasteiger partial charge in [-0.05, 0) is 61.2 Å². The minimum Gasteiger partial charge on any atom is -0.497 e. The predicted octanol–water partition coefficient (Wildman–Crippen LogP) is 4.22. The lowest BCUT2D eigenvalue weighted by atomic mass is 9.75. The van der Waals surface area contributed by atoms with Gasteiger partial charge in [-0.25, -0.2) is 0 Å². The van der Waals surface area contributed by atoms with Crippen LogP contribution >= 0.6 is 11.3 Å². The van der Waals surface area contributed by atoms with E-state index in [1.807, 2.05) is 17.4 Å². The lowest BCUT2D eigenvalue weighted by molar-refractivity contribution is 0.269. The van der Waals surface area contributed by atoms with Crippen molar-refractivity contribution in [1.82, 2.24) is 5.32 Å². The molecule has 2 aromatic rings. The van der Waals surface area contributed by atoms with E-state index >= 15 is 0 Å². The van der Waals surface area contributed by atoms with Gasteiger partial charge >= 0.3 is 0 Å². The van der Waals surface area contributed by atoms with Crippen LogP contribution in [-0.4, -0.2) is 19.2 Å². The van der Waals surface area contributed by atoms with Crippen LogP contribution < -0.4 is 10.1 Å². The summed E-state index contributed by atoms with van der Waals surface area (Å²) in [5.74, 6) is 1.65. The summed E-state index contributed by atoms with van der Waals surface area (Å²) < 4.78 is 5.31. The molecule has 1 saturated carbocycles. The van der Waals surface area contributed by atoms with E-state index in [0.717, 1.165) is 12.2 Å². The highest BCUT2D eigenvalue weighted by Crippen LogP contribution is 2.38. The van der Waals surface area contributed by atoms with Crippen molar-refractivity contribution in [2.75, 3.05) is 7.11 Å². The minimum atomic E-state index is 0.555. The van der Waals surface area contributed by atoms with Gasteiger partial charge < -0.3 is 10.1 Å². The summed E-state index contributed by atoms with van der Waals surface area (Å²) in [6.07, 6.45) is 3.61. The van der Waals surface area contributed by atoms with E-state index in [1.54, 1.807) is 7.11 Å². The fourth-order valence-electron chi connectivity index (χ4n) is 3.11. The Morgan fingerprint density at radius 2 is 2.14 bits per heavy atom. The lowest BCUT2D eigenvalue weighted by Crippen LogP contribution is -2.45. The lowest BCUT2D eigenvalue weighted by Gasteiger charge is -2.38. The van der Waals surface area contributed by atoms with Crippen LogP contribution in [0, 0.1) is 0 Å². The fraction of sp³-hybridized carbons (Fsp3) is 0.444. The first-order chi connectivity index (χ1) is 10.2. The number of rotatable bonds is 6. The number of hydrogen-bond donors (Lipinski definition) is 1. The van der Waals surface area contributed by atoms with Gasteiger partial charge in [-0.15, -0.1) is 11.3 Å². The van der Waals surface area contributed by atoms with E-state index in [2.05, 4.69) is 48.0 Å². The molecular formula is C18H23NOS. The molecule has 1 atom stereocenters. The normalized spacial score (nSPS) is 22.6. The van der Waals surface area contributed by atoms with Crippen molar-refractivity contribution in [3.05, 3.63) is 52.2 Å². The molecule has 1 N–H and O–H groups in total. The Morgan fingerprint density at radius 1 is 1.29 bits per heavy atom. The zero-order chi connectivity index (χ0) is 14.7.